The number of benzene rings is 1. The molecule has 0 heterocycles. The number of hydrogen-bond acceptors (Lipinski definition) is 3. The minimum atomic E-state index is -0.387. The molecular weight excluding hydrogens is 230 g/mol. The smallest absolute Gasteiger partial charge is 0.0914 e. The first-order valence-electron chi connectivity index (χ1n) is 6.27. The summed E-state index contributed by atoms with van der Waals surface area (Å²) < 4.78 is 0. The number of thioether (sulfide) groups is 1. The highest BCUT2D eigenvalue weighted by Gasteiger charge is 2.04. The molecule has 0 fully saturated rings. The van der Waals surface area contributed by atoms with Crippen LogP contribution in [0.4, 0.5) is 0 Å². The van der Waals surface area contributed by atoms with Gasteiger partial charge in [-0.15, -0.1) is 0 Å². The van der Waals surface area contributed by atoms with Crippen LogP contribution < -0.4 is 5.32 Å². The Balaban J connectivity index is 2.03. The van der Waals surface area contributed by atoms with Gasteiger partial charge in [-0.1, -0.05) is 36.8 Å². The molecule has 2 nitrogen and oxygen atoms in total. The molecule has 0 spiro atoms. The van der Waals surface area contributed by atoms with Crippen LogP contribution in [0.25, 0.3) is 0 Å². The summed E-state index contributed by atoms with van der Waals surface area (Å²) in [7, 11) is 0. The molecule has 17 heavy (non-hydrogen) atoms. The van der Waals surface area contributed by atoms with E-state index in [1.165, 1.54) is 25.0 Å². The van der Waals surface area contributed by atoms with Crippen LogP contribution in [0.15, 0.2) is 30.3 Å². The first-order valence-corrected chi connectivity index (χ1v) is 7.66. The fourth-order valence-electron chi connectivity index (χ4n) is 1.70. The number of aliphatic hydroxyl groups is 1. The van der Waals surface area contributed by atoms with Gasteiger partial charge in [0.15, 0.2) is 0 Å². The third kappa shape index (κ3) is 6.71. The van der Waals surface area contributed by atoms with Crippen LogP contribution in [0.3, 0.4) is 0 Å². The van der Waals surface area contributed by atoms with Crippen LogP contribution in [-0.2, 0) is 0 Å². The molecule has 1 aromatic rings. The fourth-order valence-corrected chi connectivity index (χ4v) is 2.20. The standard InChI is InChI=1S/C14H23NOS/c1-17-11-7-3-6-10-15-12-14(16)13-8-4-2-5-9-13/h2,4-5,8-9,14-16H,3,6-7,10-12H2,1H3. The predicted octanol–water partition coefficient (Wildman–Crippen LogP) is 2.84. The van der Waals surface area contributed by atoms with E-state index in [0.29, 0.717) is 6.54 Å². The summed E-state index contributed by atoms with van der Waals surface area (Å²) >= 11 is 1.91. The Hall–Kier alpha value is -0.510. The van der Waals surface area contributed by atoms with Gasteiger partial charge in [-0.25, -0.2) is 0 Å². The Labute approximate surface area is 109 Å². The van der Waals surface area contributed by atoms with E-state index in [4.69, 9.17) is 0 Å². The molecular formula is C14H23NOS. The summed E-state index contributed by atoms with van der Waals surface area (Å²) in [5.41, 5.74) is 0.988. The van der Waals surface area contributed by atoms with E-state index in [1.807, 2.05) is 42.1 Å². The molecule has 1 aromatic carbocycles. The lowest BCUT2D eigenvalue weighted by atomic mass is 10.1. The second-order valence-corrected chi connectivity index (χ2v) is 5.17. The fraction of sp³-hybridized carbons (Fsp3) is 0.571. The van der Waals surface area contributed by atoms with E-state index >= 15 is 0 Å². The van der Waals surface area contributed by atoms with Gasteiger partial charge in [-0.3, -0.25) is 0 Å². The highest BCUT2D eigenvalue weighted by atomic mass is 32.2. The topological polar surface area (TPSA) is 32.3 Å². The van der Waals surface area contributed by atoms with Crippen LogP contribution in [-0.4, -0.2) is 30.2 Å². The lowest BCUT2D eigenvalue weighted by Crippen LogP contribution is -2.22. The maximum atomic E-state index is 9.90. The molecule has 0 radical (unpaired) electrons. The van der Waals surface area contributed by atoms with Gasteiger partial charge in [0.05, 0.1) is 6.10 Å². The van der Waals surface area contributed by atoms with E-state index in [-0.39, 0.29) is 6.10 Å². The first-order chi connectivity index (χ1) is 8.34. The molecule has 0 saturated carbocycles. The molecule has 0 saturated heterocycles. The van der Waals surface area contributed by atoms with Crippen molar-refractivity contribution >= 4 is 11.8 Å². The molecule has 0 aliphatic heterocycles. The number of rotatable bonds is 9. The van der Waals surface area contributed by atoms with E-state index in [1.54, 1.807) is 0 Å². The van der Waals surface area contributed by atoms with Crippen molar-refractivity contribution in [2.45, 2.75) is 25.4 Å². The van der Waals surface area contributed by atoms with Crippen LogP contribution in [0.1, 0.15) is 30.9 Å². The van der Waals surface area contributed by atoms with Crippen LogP contribution in [0.5, 0.6) is 0 Å². The van der Waals surface area contributed by atoms with E-state index in [9.17, 15) is 5.11 Å². The van der Waals surface area contributed by atoms with Crippen molar-refractivity contribution in [1.82, 2.24) is 5.32 Å². The zero-order chi connectivity index (χ0) is 12.3. The Kier molecular flexibility index (Phi) is 8.14. The molecule has 1 unspecified atom stereocenters. The quantitative estimate of drug-likeness (QED) is 0.664. The van der Waals surface area contributed by atoms with Crippen molar-refractivity contribution in [3.05, 3.63) is 35.9 Å². The summed E-state index contributed by atoms with van der Waals surface area (Å²) in [6.45, 7) is 1.64. The number of aliphatic hydroxyl groups excluding tert-OH is 1. The molecule has 0 aromatic heterocycles. The maximum Gasteiger partial charge on any atom is 0.0914 e. The Morgan fingerprint density at radius 1 is 1.18 bits per heavy atom. The van der Waals surface area contributed by atoms with Gasteiger partial charge in [0.1, 0.15) is 0 Å². The average molecular weight is 253 g/mol. The summed E-state index contributed by atoms with van der Waals surface area (Å²) in [6, 6.07) is 9.81. The van der Waals surface area contributed by atoms with Crippen molar-refractivity contribution in [3.8, 4) is 0 Å². The van der Waals surface area contributed by atoms with Crippen molar-refractivity contribution in [1.29, 1.82) is 0 Å². The summed E-state index contributed by atoms with van der Waals surface area (Å²) in [5.74, 6) is 1.26. The van der Waals surface area contributed by atoms with Crippen molar-refractivity contribution < 1.29 is 5.11 Å². The summed E-state index contributed by atoms with van der Waals surface area (Å²) in [4.78, 5) is 0. The Morgan fingerprint density at radius 3 is 2.65 bits per heavy atom. The van der Waals surface area contributed by atoms with E-state index < -0.39 is 0 Å². The molecule has 0 aliphatic carbocycles. The van der Waals surface area contributed by atoms with E-state index in [0.717, 1.165) is 12.1 Å². The van der Waals surface area contributed by atoms with Gasteiger partial charge in [-0.05, 0) is 37.0 Å². The SMILES string of the molecule is CSCCCCCNCC(O)c1ccccc1. The maximum absolute atomic E-state index is 9.90. The van der Waals surface area contributed by atoms with Crippen LogP contribution >= 0.6 is 11.8 Å². The highest BCUT2D eigenvalue weighted by molar-refractivity contribution is 7.98. The van der Waals surface area contributed by atoms with E-state index in [2.05, 4.69) is 11.6 Å². The van der Waals surface area contributed by atoms with Gasteiger partial charge in [0, 0.05) is 6.54 Å². The van der Waals surface area contributed by atoms with Gasteiger partial charge in [0.25, 0.3) is 0 Å². The number of hydrogen-bond donors (Lipinski definition) is 2. The highest BCUT2D eigenvalue weighted by Crippen LogP contribution is 2.10. The van der Waals surface area contributed by atoms with Gasteiger partial charge in [0.2, 0.25) is 0 Å². The molecule has 2 N–H and O–H groups in total. The predicted molar refractivity (Wildman–Crippen MR) is 76.5 cm³/mol. The third-order valence-electron chi connectivity index (χ3n) is 2.72. The molecule has 1 rings (SSSR count). The molecule has 1 atom stereocenters. The van der Waals surface area contributed by atoms with Crippen LogP contribution in [0, 0.1) is 0 Å². The minimum absolute atomic E-state index is 0.387. The van der Waals surface area contributed by atoms with Crippen molar-refractivity contribution in [3.63, 3.8) is 0 Å². The van der Waals surface area contributed by atoms with Crippen molar-refractivity contribution in [2.75, 3.05) is 25.1 Å². The van der Waals surface area contributed by atoms with Gasteiger partial charge in [-0.2, -0.15) is 11.8 Å². The number of nitrogens with one attached hydrogen (secondary N) is 1. The lowest BCUT2D eigenvalue weighted by molar-refractivity contribution is 0.174. The third-order valence-corrected chi connectivity index (χ3v) is 3.42. The lowest BCUT2D eigenvalue weighted by Gasteiger charge is -2.11. The Bertz CT molecular complexity index is 279. The monoisotopic (exact) mass is 253 g/mol. The zero-order valence-corrected chi connectivity index (χ0v) is 11.4. The molecule has 3 heteroatoms. The second kappa shape index (κ2) is 9.51. The first kappa shape index (κ1) is 14.6. The molecule has 0 amide bonds. The second-order valence-electron chi connectivity index (χ2n) is 4.18. The van der Waals surface area contributed by atoms with Crippen LogP contribution in [0.2, 0.25) is 0 Å². The van der Waals surface area contributed by atoms with Gasteiger partial charge < -0.3 is 10.4 Å². The Morgan fingerprint density at radius 2 is 1.94 bits per heavy atom. The normalized spacial score (nSPS) is 12.6. The average Bonchev–Trinajstić information content (AvgIpc) is 2.38. The minimum Gasteiger partial charge on any atom is -0.387 e. The molecule has 0 bridgehead atoms. The summed E-state index contributed by atoms with van der Waals surface area (Å²) in [5, 5.41) is 13.2. The molecule has 96 valence electrons. The van der Waals surface area contributed by atoms with Crippen molar-refractivity contribution in [2.24, 2.45) is 0 Å². The molecule has 0 aliphatic rings. The largest absolute Gasteiger partial charge is 0.387 e. The van der Waals surface area contributed by atoms with Gasteiger partial charge >= 0.3 is 0 Å². The number of unbranched alkanes of at least 4 members (excludes halogenated alkanes) is 2. The zero-order valence-electron chi connectivity index (χ0n) is 10.6. The summed E-state index contributed by atoms with van der Waals surface area (Å²) in [6.07, 6.45) is 5.53.